The first-order valence-electron chi connectivity index (χ1n) is 5.04. The van der Waals surface area contributed by atoms with Crippen LogP contribution in [0.25, 0.3) is 0 Å². The van der Waals surface area contributed by atoms with Crippen LogP contribution in [0.3, 0.4) is 0 Å². The summed E-state index contributed by atoms with van der Waals surface area (Å²) in [5, 5.41) is 0. The second kappa shape index (κ2) is 1.41. The highest BCUT2D eigenvalue weighted by molar-refractivity contribution is 5.17. The van der Waals surface area contributed by atoms with Gasteiger partial charge in [-0.3, -0.25) is 0 Å². The van der Waals surface area contributed by atoms with Crippen LogP contribution in [0.4, 0.5) is 0 Å². The highest BCUT2D eigenvalue weighted by Gasteiger charge is 2.68. The van der Waals surface area contributed by atoms with Gasteiger partial charge >= 0.3 is 0 Å². The Morgan fingerprint density at radius 1 is 1.00 bits per heavy atom. The molecule has 0 aromatic rings. The zero-order valence-corrected chi connectivity index (χ0v) is 7.85. The molecule has 0 aliphatic heterocycles. The fourth-order valence-electron chi connectivity index (χ4n) is 3.66. The minimum absolute atomic E-state index is 0.733. The van der Waals surface area contributed by atoms with Crippen molar-refractivity contribution in [3.63, 3.8) is 0 Å². The Kier molecular flexibility index (Phi) is 0.832. The molecule has 0 heteroatoms. The van der Waals surface area contributed by atoms with Gasteiger partial charge in [0, 0.05) is 0 Å². The molecule has 0 unspecified atom stereocenters. The summed E-state index contributed by atoms with van der Waals surface area (Å²) >= 11 is 0. The molecule has 4 atom stereocenters. The molecule has 0 N–H and O–H groups in total. The molecular formula is C11H18. The Morgan fingerprint density at radius 2 is 1.73 bits per heavy atom. The third-order valence-electron chi connectivity index (χ3n) is 5.05. The lowest BCUT2D eigenvalue weighted by atomic mass is 9.90. The van der Waals surface area contributed by atoms with Gasteiger partial charge in [-0.1, -0.05) is 20.8 Å². The van der Waals surface area contributed by atoms with E-state index in [-0.39, 0.29) is 0 Å². The fourth-order valence-corrected chi connectivity index (χ4v) is 3.66. The van der Waals surface area contributed by atoms with Gasteiger partial charge in [0.05, 0.1) is 0 Å². The molecule has 0 aromatic heterocycles. The molecule has 3 rings (SSSR count). The Hall–Kier alpha value is 0. The lowest BCUT2D eigenvalue weighted by Gasteiger charge is -2.15. The van der Waals surface area contributed by atoms with Gasteiger partial charge in [-0.15, -0.1) is 0 Å². The highest BCUT2D eigenvalue weighted by atomic mass is 14.7. The summed E-state index contributed by atoms with van der Waals surface area (Å²) in [5.74, 6) is 3.35. The highest BCUT2D eigenvalue weighted by Crippen LogP contribution is 2.76. The van der Waals surface area contributed by atoms with Crippen molar-refractivity contribution in [2.24, 2.45) is 28.6 Å². The van der Waals surface area contributed by atoms with Crippen LogP contribution in [-0.2, 0) is 0 Å². The molecule has 3 fully saturated rings. The van der Waals surface area contributed by atoms with E-state index in [0.717, 1.165) is 28.6 Å². The van der Waals surface area contributed by atoms with Crippen molar-refractivity contribution in [2.75, 3.05) is 0 Å². The van der Waals surface area contributed by atoms with Gasteiger partial charge in [-0.25, -0.2) is 0 Å². The van der Waals surface area contributed by atoms with Crippen LogP contribution in [0.1, 0.15) is 40.0 Å². The average molecular weight is 150 g/mol. The standard InChI is InChI=1S/C11H18/c1-10(2)8-4-7-5-11(7,3)6-9(8)10/h7-9H,4-6H2,1-3H3/t7-,8+,9-,11-/m0/s1. The summed E-state index contributed by atoms with van der Waals surface area (Å²) in [6.07, 6.45) is 4.67. The Balaban J connectivity index is 1.85. The van der Waals surface area contributed by atoms with Gasteiger partial charge in [0.2, 0.25) is 0 Å². The van der Waals surface area contributed by atoms with Crippen LogP contribution in [0.15, 0.2) is 0 Å². The fraction of sp³-hybridized carbons (Fsp3) is 1.00. The molecule has 0 nitrogen and oxygen atoms in total. The van der Waals surface area contributed by atoms with Crippen molar-refractivity contribution < 1.29 is 0 Å². The van der Waals surface area contributed by atoms with E-state index in [1.807, 2.05) is 0 Å². The summed E-state index contributed by atoms with van der Waals surface area (Å²) in [5.41, 5.74) is 1.55. The monoisotopic (exact) mass is 150 g/mol. The first kappa shape index (κ1) is 6.51. The minimum Gasteiger partial charge on any atom is -0.0594 e. The van der Waals surface area contributed by atoms with Gasteiger partial charge in [-0.05, 0) is 47.8 Å². The topological polar surface area (TPSA) is 0 Å². The number of hydrogen-bond acceptors (Lipinski definition) is 0. The molecule has 0 saturated heterocycles. The summed E-state index contributed by atoms with van der Waals surface area (Å²) in [6, 6.07) is 0. The first-order chi connectivity index (χ1) is 5.04. The molecule has 0 spiro atoms. The summed E-state index contributed by atoms with van der Waals surface area (Å²) in [4.78, 5) is 0. The molecule has 3 aliphatic carbocycles. The summed E-state index contributed by atoms with van der Waals surface area (Å²) in [7, 11) is 0. The van der Waals surface area contributed by atoms with Crippen LogP contribution >= 0.6 is 0 Å². The molecule has 3 saturated carbocycles. The van der Waals surface area contributed by atoms with Crippen molar-refractivity contribution in [3.05, 3.63) is 0 Å². The first-order valence-corrected chi connectivity index (χ1v) is 5.04. The number of hydrogen-bond donors (Lipinski definition) is 0. The average Bonchev–Trinajstić information content (AvgIpc) is 2.68. The van der Waals surface area contributed by atoms with Crippen LogP contribution in [-0.4, -0.2) is 0 Å². The molecule has 0 radical (unpaired) electrons. The van der Waals surface area contributed by atoms with Crippen molar-refractivity contribution in [1.29, 1.82) is 0 Å². The van der Waals surface area contributed by atoms with E-state index in [2.05, 4.69) is 20.8 Å². The van der Waals surface area contributed by atoms with E-state index in [4.69, 9.17) is 0 Å². The Labute approximate surface area is 69.4 Å². The smallest absolute Gasteiger partial charge is 0.0291 e. The molecule has 11 heavy (non-hydrogen) atoms. The van der Waals surface area contributed by atoms with E-state index in [1.165, 1.54) is 0 Å². The molecule has 0 amide bonds. The molecule has 0 aromatic carbocycles. The Bertz CT molecular complexity index is 216. The summed E-state index contributed by atoms with van der Waals surface area (Å²) < 4.78 is 0. The molecular weight excluding hydrogens is 132 g/mol. The predicted octanol–water partition coefficient (Wildman–Crippen LogP) is 3.08. The van der Waals surface area contributed by atoms with E-state index in [9.17, 15) is 0 Å². The number of rotatable bonds is 0. The maximum absolute atomic E-state index is 2.50. The third kappa shape index (κ3) is 0.625. The minimum atomic E-state index is 0.733. The van der Waals surface area contributed by atoms with E-state index >= 15 is 0 Å². The van der Waals surface area contributed by atoms with Gasteiger partial charge < -0.3 is 0 Å². The summed E-state index contributed by atoms with van der Waals surface area (Å²) in [6.45, 7) is 7.44. The second-order valence-electron chi connectivity index (χ2n) is 6.03. The lowest BCUT2D eigenvalue weighted by molar-refractivity contribution is 0.348. The third-order valence-corrected chi connectivity index (χ3v) is 5.05. The largest absolute Gasteiger partial charge is 0.0594 e. The quantitative estimate of drug-likeness (QED) is 0.498. The van der Waals surface area contributed by atoms with Crippen LogP contribution in [0.5, 0.6) is 0 Å². The van der Waals surface area contributed by atoms with E-state index in [1.54, 1.807) is 19.3 Å². The maximum Gasteiger partial charge on any atom is -0.0291 e. The van der Waals surface area contributed by atoms with Crippen molar-refractivity contribution >= 4 is 0 Å². The zero-order chi connectivity index (χ0) is 7.85. The van der Waals surface area contributed by atoms with Gasteiger partial charge in [-0.2, -0.15) is 0 Å². The van der Waals surface area contributed by atoms with Gasteiger partial charge in [0.1, 0.15) is 0 Å². The molecule has 3 aliphatic rings. The normalized spacial score (nSPS) is 63.0. The lowest BCUT2D eigenvalue weighted by Crippen LogP contribution is -2.06. The van der Waals surface area contributed by atoms with Crippen LogP contribution < -0.4 is 0 Å². The zero-order valence-electron chi connectivity index (χ0n) is 7.85. The molecule has 0 bridgehead atoms. The van der Waals surface area contributed by atoms with Gasteiger partial charge in [0.15, 0.2) is 0 Å². The Morgan fingerprint density at radius 3 is 2.36 bits per heavy atom. The maximum atomic E-state index is 2.50. The molecule has 62 valence electrons. The van der Waals surface area contributed by atoms with Crippen molar-refractivity contribution in [1.82, 2.24) is 0 Å². The second-order valence-corrected chi connectivity index (χ2v) is 6.03. The van der Waals surface area contributed by atoms with Gasteiger partial charge in [0.25, 0.3) is 0 Å². The predicted molar refractivity (Wildman–Crippen MR) is 46.2 cm³/mol. The SMILES string of the molecule is CC1(C)[C@@H]2C[C@H]3C[C@@]3(C)C[C@@H]21. The van der Waals surface area contributed by atoms with E-state index in [0.29, 0.717) is 0 Å². The van der Waals surface area contributed by atoms with E-state index < -0.39 is 0 Å². The number of fused-ring (bicyclic) bond motifs is 2. The van der Waals surface area contributed by atoms with Crippen molar-refractivity contribution in [3.8, 4) is 0 Å². The van der Waals surface area contributed by atoms with Crippen molar-refractivity contribution in [2.45, 2.75) is 40.0 Å². The molecule has 0 heterocycles. The van der Waals surface area contributed by atoms with Crippen LogP contribution in [0, 0.1) is 28.6 Å². The van der Waals surface area contributed by atoms with Crippen LogP contribution in [0.2, 0.25) is 0 Å².